The zero-order valence-corrected chi connectivity index (χ0v) is 11.6. The van der Waals surface area contributed by atoms with Gasteiger partial charge in [-0.05, 0) is 28.1 Å². The number of aromatic nitrogens is 2. The smallest absolute Gasteiger partial charge is 0.135 e. The third-order valence-electron chi connectivity index (χ3n) is 3.28. The first-order chi connectivity index (χ1) is 8.79. The molecule has 2 heterocycles. The largest absolute Gasteiger partial charge is 0.495 e. The molecule has 0 saturated carbocycles. The second-order valence-electron chi connectivity index (χ2n) is 4.36. The van der Waals surface area contributed by atoms with Crippen LogP contribution in [0.15, 0.2) is 35.2 Å². The molecule has 0 aliphatic carbocycles. The standard InChI is InChI=1S/C13H14BrN3O/c1-18-13-4-10(2-3-11(13)14)17-8-16-7-12(17)9-5-15-6-9/h2-4,7-9,15H,5-6H2,1H3. The molecule has 94 valence electrons. The summed E-state index contributed by atoms with van der Waals surface area (Å²) in [5.74, 6) is 1.39. The highest BCUT2D eigenvalue weighted by molar-refractivity contribution is 9.10. The molecule has 0 bridgehead atoms. The van der Waals surface area contributed by atoms with Crippen LogP contribution in [0.2, 0.25) is 0 Å². The van der Waals surface area contributed by atoms with Crippen LogP contribution < -0.4 is 10.1 Å². The van der Waals surface area contributed by atoms with E-state index < -0.39 is 0 Å². The molecule has 1 fully saturated rings. The summed E-state index contributed by atoms with van der Waals surface area (Å²) < 4.78 is 8.42. The van der Waals surface area contributed by atoms with Crippen molar-refractivity contribution in [2.24, 2.45) is 0 Å². The highest BCUT2D eigenvalue weighted by Crippen LogP contribution is 2.29. The Hall–Kier alpha value is -1.33. The quantitative estimate of drug-likeness (QED) is 0.946. The lowest BCUT2D eigenvalue weighted by Gasteiger charge is -2.27. The first kappa shape index (κ1) is 11.7. The van der Waals surface area contributed by atoms with Crippen LogP contribution in [-0.2, 0) is 0 Å². The molecule has 1 aliphatic rings. The Balaban J connectivity index is 2.01. The Morgan fingerprint density at radius 1 is 1.44 bits per heavy atom. The maximum absolute atomic E-state index is 5.33. The van der Waals surface area contributed by atoms with Crippen LogP contribution in [0.5, 0.6) is 5.75 Å². The Labute approximate surface area is 114 Å². The van der Waals surface area contributed by atoms with E-state index >= 15 is 0 Å². The zero-order valence-electron chi connectivity index (χ0n) is 10.1. The molecule has 3 rings (SSSR count). The number of imidazole rings is 1. The van der Waals surface area contributed by atoms with E-state index in [2.05, 4.69) is 36.9 Å². The van der Waals surface area contributed by atoms with Crippen molar-refractivity contribution >= 4 is 15.9 Å². The number of halogens is 1. The van der Waals surface area contributed by atoms with Gasteiger partial charge in [-0.3, -0.25) is 0 Å². The van der Waals surface area contributed by atoms with Crippen LogP contribution in [0.1, 0.15) is 11.6 Å². The van der Waals surface area contributed by atoms with Gasteiger partial charge in [-0.2, -0.15) is 0 Å². The molecule has 1 saturated heterocycles. The lowest BCUT2D eigenvalue weighted by molar-refractivity contribution is 0.411. The lowest BCUT2D eigenvalue weighted by atomic mass is 10.00. The molecule has 0 radical (unpaired) electrons. The SMILES string of the molecule is COc1cc(-n2cncc2C2CNC2)ccc1Br. The van der Waals surface area contributed by atoms with Gasteiger partial charge in [0.1, 0.15) is 5.75 Å². The molecular formula is C13H14BrN3O. The predicted molar refractivity (Wildman–Crippen MR) is 73.4 cm³/mol. The third-order valence-corrected chi connectivity index (χ3v) is 3.93. The Bertz CT molecular complexity index is 563. The highest BCUT2D eigenvalue weighted by Gasteiger charge is 2.22. The summed E-state index contributed by atoms with van der Waals surface area (Å²) in [6.45, 7) is 2.05. The van der Waals surface area contributed by atoms with Crippen molar-refractivity contribution in [1.29, 1.82) is 0 Å². The van der Waals surface area contributed by atoms with E-state index in [4.69, 9.17) is 4.74 Å². The first-order valence-corrected chi connectivity index (χ1v) is 6.66. The van der Waals surface area contributed by atoms with Crippen molar-refractivity contribution in [3.8, 4) is 11.4 Å². The van der Waals surface area contributed by atoms with Crippen molar-refractivity contribution in [3.63, 3.8) is 0 Å². The maximum Gasteiger partial charge on any atom is 0.135 e. The molecule has 1 aliphatic heterocycles. The number of hydrogen-bond acceptors (Lipinski definition) is 3. The summed E-state index contributed by atoms with van der Waals surface area (Å²) in [6, 6.07) is 6.07. The topological polar surface area (TPSA) is 39.1 Å². The molecule has 5 heteroatoms. The number of methoxy groups -OCH3 is 1. The molecule has 1 N–H and O–H groups in total. The van der Waals surface area contributed by atoms with Gasteiger partial charge in [0.15, 0.2) is 0 Å². The second-order valence-corrected chi connectivity index (χ2v) is 5.22. The normalized spacial score (nSPS) is 15.4. The number of benzene rings is 1. The average Bonchev–Trinajstić information content (AvgIpc) is 2.76. The van der Waals surface area contributed by atoms with Gasteiger partial charge in [0.2, 0.25) is 0 Å². The number of ether oxygens (including phenoxy) is 1. The van der Waals surface area contributed by atoms with Crippen molar-refractivity contribution in [3.05, 3.63) is 40.9 Å². The molecule has 0 atom stereocenters. The third kappa shape index (κ3) is 1.93. The molecule has 0 amide bonds. The summed E-state index contributed by atoms with van der Waals surface area (Å²) in [5.41, 5.74) is 2.33. The maximum atomic E-state index is 5.33. The van der Waals surface area contributed by atoms with Crippen LogP contribution in [0.25, 0.3) is 5.69 Å². The minimum Gasteiger partial charge on any atom is -0.495 e. The Morgan fingerprint density at radius 3 is 2.94 bits per heavy atom. The fraction of sp³-hybridized carbons (Fsp3) is 0.308. The number of hydrogen-bond donors (Lipinski definition) is 1. The van der Waals surface area contributed by atoms with Gasteiger partial charge >= 0.3 is 0 Å². The van der Waals surface area contributed by atoms with Crippen molar-refractivity contribution in [2.75, 3.05) is 20.2 Å². The van der Waals surface area contributed by atoms with Gasteiger partial charge in [-0.1, -0.05) is 0 Å². The van der Waals surface area contributed by atoms with Gasteiger partial charge in [0, 0.05) is 37.0 Å². The molecule has 18 heavy (non-hydrogen) atoms. The van der Waals surface area contributed by atoms with Gasteiger partial charge in [0.05, 0.1) is 23.6 Å². The van der Waals surface area contributed by atoms with E-state index in [1.165, 1.54) is 5.69 Å². The molecule has 0 spiro atoms. The number of rotatable bonds is 3. The van der Waals surface area contributed by atoms with Crippen LogP contribution in [0, 0.1) is 0 Å². The number of nitrogens with zero attached hydrogens (tertiary/aromatic N) is 2. The second kappa shape index (κ2) is 4.74. The molecule has 1 aromatic heterocycles. The van der Waals surface area contributed by atoms with Crippen molar-refractivity contribution in [1.82, 2.24) is 14.9 Å². The first-order valence-electron chi connectivity index (χ1n) is 5.86. The minimum atomic E-state index is 0.558. The van der Waals surface area contributed by atoms with Crippen LogP contribution >= 0.6 is 15.9 Å². The van der Waals surface area contributed by atoms with Crippen LogP contribution in [0.3, 0.4) is 0 Å². The van der Waals surface area contributed by atoms with Gasteiger partial charge in [0.25, 0.3) is 0 Å². The van der Waals surface area contributed by atoms with Gasteiger partial charge in [-0.15, -0.1) is 0 Å². The minimum absolute atomic E-state index is 0.558. The predicted octanol–water partition coefficient (Wildman–Crippen LogP) is 2.33. The fourth-order valence-electron chi connectivity index (χ4n) is 2.12. The molecular weight excluding hydrogens is 294 g/mol. The van der Waals surface area contributed by atoms with Crippen LogP contribution in [-0.4, -0.2) is 29.8 Å². The zero-order chi connectivity index (χ0) is 12.5. The van der Waals surface area contributed by atoms with E-state index in [0.29, 0.717) is 5.92 Å². The van der Waals surface area contributed by atoms with E-state index in [1.807, 2.05) is 24.7 Å². The molecule has 4 nitrogen and oxygen atoms in total. The highest BCUT2D eigenvalue weighted by atomic mass is 79.9. The molecule has 2 aromatic rings. The van der Waals surface area contributed by atoms with E-state index in [-0.39, 0.29) is 0 Å². The van der Waals surface area contributed by atoms with E-state index in [1.54, 1.807) is 7.11 Å². The Kier molecular flexibility index (Phi) is 3.09. The average molecular weight is 308 g/mol. The number of nitrogens with one attached hydrogen (secondary N) is 1. The summed E-state index contributed by atoms with van der Waals surface area (Å²) in [6.07, 6.45) is 3.80. The summed E-state index contributed by atoms with van der Waals surface area (Å²) >= 11 is 3.47. The summed E-state index contributed by atoms with van der Waals surface area (Å²) in [4.78, 5) is 4.26. The fourth-order valence-corrected chi connectivity index (χ4v) is 2.53. The van der Waals surface area contributed by atoms with E-state index in [0.717, 1.165) is 29.0 Å². The summed E-state index contributed by atoms with van der Waals surface area (Å²) in [7, 11) is 1.68. The van der Waals surface area contributed by atoms with Crippen molar-refractivity contribution < 1.29 is 4.74 Å². The van der Waals surface area contributed by atoms with Gasteiger partial charge in [-0.25, -0.2) is 4.98 Å². The summed E-state index contributed by atoms with van der Waals surface area (Å²) in [5, 5.41) is 3.29. The Morgan fingerprint density at radius 2 is 2.28 bits per heavy atom. The van der Waals surface area contributed by atoms with E-state index in [9.17, 15) is 0 Å². The van der Waals surface area contributed by atoms with Crippen LogP contribution in [0.4, 0.5) is 0 Å². The monoisotopic (exact) mass is 307 g/mol. The van der Waals surface area contributed by atoms with Gasteiger partial charge < -0.3 is 14.6 Å². The lowest BCUT2D eigenvalue weighted by Crippen LogP contribution is -2.40. The molecule has 1 aromatic carbocycles. The van der Waals surface area contributed by atoms with Crippen molar-refractivity contribution in [2.45, 2.75) is 5.92 Å². The molecule has 0 unspecified atom stereocenters.